The van der Waals surface area contributed by atoms with E-state index in [1.807, 2.05) is 24.1 Å². The maximum absolute atomic E-state index is 13.6. The number of carbonyl (C=O) groups excluding carboxylic acids is 2. The number of aliphatic hydroxyl groups is 1. The number of hydrogen-bond acceptors (Lipinski definition) is 7. The highest BCUT2D eigenvalue weighted by Crippen LogP contribution is 2.37. The van der Waals surface area contributed by atoms with Gasteiger partial charge in [-0.15, -0.1) is 11.3 Å². The van der Waals surface area contributed by atoms with E-state index in [1.54, 1.807) is 0 Å². The number of thiazole rings is 1. The Morgan fingerprint density at radius 2 is 1.95 bits per heavy atom. The number of amides is 2. The Morgan fingerprint density at radius 1 is 1.25 bits per heavy atom. The van der Waals surface area contributed by atoms with Gasteiger partial charge in [0.15, 0.2) is 5.01 Å². The van der Waals surface area contributed by atoms with Crippen molar-refractivity contribution in [2.75, 3.05) is 18.4 Å². The molecule has 2 aliphatic rings. The van der Waals surface area contributed by atoms with Crippen molar-refractivity contribution >= 4 is 29.5 Å². The van der Waals surface area contributed by atoms with E-state index in [2.05, 4.69) is 22.2 Å². The monoisotopic (exact) mass is 593 g/mol. The lowest BCUT2D eigenvalue weighted by molar-refractivity contribution is -0.118. The van der Waals surface area contributed by atoms with Gasteiger partial charge in [-0.25, -0.2) is 18.7 Å². The molecule has 14 heteroatoms. The van der Waals surface area contributed by atoms with Crippen LogP contribution in [0.1, 0.15) is 80.4 Å². The Hall–Kier alpha value is -2.87. The van der Waals surface area contributed by atoms with Crippen molar-refractivity contribution in [2.24, 2.45) is 0 Å². The summed E-state index contributed by atoms with van der Waals surface area (Å²) in [7, 11) is 0. The minimum atomic E-state index is -4.52. The Balaban J connectivity index is 0.000000475. The summed E-state index contributed by atoms with van der Waals surface area (Å²) in [5.74, 6) is -0.850. The number of aliphatic hydroxyl groups excluding tert-OH is 1. The third kappa shape index (κ3) is 9.36. The largest absolute Gasteiger partial charge is 0.405 e. The first-order valence-electron chi connectivity index (χ1n) is 13.2. The molecule has 1 aliphatic carbocycles. The molecule has 0 aromatic carbocycles. The number of alkyl halides is 5. The fraction of sp³-hybridized carbons (Fsp3) is 0.615. The van der Waals surface area contributed by atoms with Gasteiger partial charge in [0.1, 0.15) is 12.4 Å². The zero-order chi connectivity index (χ0) is 30.0. The van der Waals surface area contributed by atoms with Gasteiger partial charge in [0.05, 0.1) is 22.7 Å². The molecular weight excluding hydrogens is 557 g/mol. The molecule has 1 saturated carbocycles. The Kier molecular flexibility index (Phi) is 12.7. The molecule has 40 heavy (non-hydrogen) atoms. The molecular formula is C26H36F5N5O3S. The number of nitrogens with one attached hydrogen (secondary N) is 2. The van der Waals surface area contributed by atoms with E-state index in [0.717, 1.165) is 43.0 Å². The maximum Gasteiger partial charge on any atom is 0.405 e. The number of nitrogens with zero attached hydrogens (tertiary/aromatic N) is 3. The molecule has 1 aliphatic heterocycles. The highest BCUT2D eigenvalue weighted by molar-refractivity contribution is 7.17. The number of halogens is 5. The highest BCUT2D eigenvalue weighted by atomic mass is 32.1. The number of likely N-dealkylation sites (tertiary alicyclic amines) is 1. The number of aryl methyl sites for hydroxylation is 1. The first-order valence-corrected chi connectivity index (χ1v) is 14.0. The third-order valence-electron chi connectivity index (χ3n) is 6.41. The zero-order valence-corrected chi connectivity index (χ0v) is 23.7. The molecule has 2 aromatic heterocycles. The Labute approximate surface area is 234 Å². The van der Waals surface area contributed by atoms with Crippen LogP contribution in [-0.4, -0.2) is 69.7 Å². The van der Waals surface area contributed by atoms with Crippen LogP contribution in [0.4, 0.5) is 27.8 Å². The molecule has 224 valence electrons. The average Bonchev–Trinajstić information content (AvgIpc) is 3.63. The van der Waals surface area contributed by atoms with Gasteiger partial charge in [0.25, 0.3) is 12.3 Å². The van der Waals surface area contributed by atoms with Gasteiger partial charge in [-0.3, -0.25) is 9.59 Å². The van der Waals surface area contributed by atoms with E-state index in [1.165, 1.54) is 19.8 Å². The van der Waals surface area contributed by atoms with E-state index in [9.17, 15) is 36.6 Å². The third-order valence-corrected chi connectivity index (χ3v) is 7.60. The van der Waals surface area contributed by atoms with Crippen LogP contribution in [0.5, 0.6) is 0 Å². The Morgan fingerprint density at radius 3 is 2.45 bits per heavy atom. The van der Waals surface area contributed by atoms with Gasteiger partial charge in [0, 0.05) is 29.9 Å². The molecule has 4 rings (SSSR count). The van der Waals surface area contributed by atoms with Crippen molar-refractivity contribution in [3.05, 3.63) is 28.5 Å². The van der Waals surface area contributed by atoms with E-state index in [4.69, 9.17) is 0 Å². The molecule has 0 spiro atoms. The summed E-state index contributed by atoms with van der Waals surface area (Å²) >= 11 is 0.882. The van der Waals surface area contributed by atoms with Gasteiger partial charge in [-0.2, -0.15) is 13.2 Å². The number of aromatic nitrogens is 2. The van der Waals surface area contributed by atoms with Crippen molar-refractivity contribution < 1.29 is 36.6 Å². The second-order valence-corrected chi connectivity index (χ2v) is 10.3. The van der Waals surface area contributed by atoms with Gasteiger partial charge in [-0.05, 0) is 52.0 Å². The number of carbonyl (C=O) groups is 2. The molecule has 2 aromatic rings. The summed E-state index contributed by atoms with van der Waals surface area (Å²) in [4.78, 5) is 32.6. The highest BCUT2D eigenvalue weighted by Gasteiger charge is 2.30. The number of anilines is 1. The van der Waals surface area contributed by atoms with Crippen LogP contribution in [-0.2, 0) is 4.79 Å². The smallest absolute Gasteiger partial charge is 0.391 e. The minimum Gasteiger partial charge on any atom is -0.391 e. The van der Waals surface area contributed by atoms with Gasteiger partial charge in [0.2, 0.25) is 6.41 Å². The molecule has 3 heterocycles. The molecule has 3 atom stereocenters. The standard InChI is InChI=1S/C18H19F5N4O2S.C6H11NO.C2H6/c1-8-14(30-17(26-8)16(29)27-11-3-2-4-12(11)28)10-6-24-13(5-9(10)15(19)20)25-7-18(21,22)23;1-6-3-2-4-7(6)5-8;1-2/h5-6,11-12,15,28H,2-4,7H2,1H3,(H,24,25)(H,27,29);5-6H,2-4H2,1H3;1-2H3. The van der Waals surface area contributed by atoms with Gasteiger partial charge >= 0.3 is 6.18 Å². The van der Waals surface area contributed by atoms with Crippen LogP contribution in [0.2, 0.25) is 0 Å². The van der Waals surface area contributed by atoms with Crippen molar-refractivity contribution in [3.8, 4) is 10.4 Å². The summed E-state index contributed by atoms with van der Waals surface area (Å²) in [6.07, 6.45) is -1.77. The summed E-state index contributed by atoms with van der Waals surface area (Å²) < 4.78 is 64.2. The zero-order valence-electron chi connectivity index (χ0n) is 22.9. The van der Waals surface area contributed by atoms with Crippen LogP contribution in [0.15, 0.2) is 12.3 Å². The van der Waals surface area contributed by atoms with Crippen molar-refractivity contribution in [1.29, 1.82) is 0 Å². The second-order valence-electron chi connectivity index (χ2n) is 9.27. The summed E-state index contributed by atoms with van der Waals surface area (Å²) in [6, 6.07) is 0.967. The van der Waals surface area contributed by atoms with Crippen molar-refractivity contribution in [3.63, 3.8) is 0 Å². The molecule has 8 nitrogen and oxygen atoms in total. The lowest BCUT2D eigenvalue weighted by atomic mass is 10.1. The van der Waals surface area contributed by atoms with Crippen molar-refractivity contribution in [1.82, 2.24) is 20.2 Å². The minimum absolute atomic E-state index is 0.00231. The molecule has 2 amide bonds. The van der Waals surface area contributed by atoms with E-state index >= 15 is 0 Å². The van der Waals surface area contributed by atoms with Crippen LogP contribution in [0.3, 0.4) is 0 Å². The summed E-state index contributed by atoms with van der Waals surface area (Å²) in [5, 5.41) is 14.5. The van der Waals surface area contributed by atoms with Crippen LogP contribution < -0.4 is 10.6 Å². The average molecular weight is 594 g/mol. The number of hydrogen-bond donors (Lipinski definition) is 3. The maximum atomic E-state index is 13.6. The lowest BCUT2D eigenvalue weighted by Crippen LogP contribution is -2.39. The topological polar surface area (TPSA) is 107 Å². The van der Waals surface area contributed by atoms with Crippen LogP contribution in [0, 0.1) is 6.92 Å². The molecule has 0 radical (unpaired) electrons. The van der Waals surface area contributed by atoms with E-state index in [-0.39, 0.29) is 27.3 Å². The molecule has 2 fully saturated rings. The second kappa shape index (κ2) is 15.2. The quantitative estimate of drug-likeness (QED) is 0.280. The number of rotatable bonds is 7. The predicted molar refractivity (Wildman–Crippen MR) is 144 cm³/mol. The molecule has 3 unspecified atom stereocenters. The molecule has 1 saturated heterocycles. The van der Waals surface area contributed by atoms with Gasteiger partial charge in [-0.1, -0.05) is 13.8 Å². The normalized spacial score (nSPS) is 20.4. The molecule has 0 bridgehead atoms. The summed E-state index contributed by atoms with van der Waals surface area (Å²) in [6.45, 7) is 7.18. The van der Waals surface area contributed by atoms with Crippen molar-refractivity contribution in [2.45, 2.75) is 90.6 Å². The Bertz CT molecular complexity index is 1110. The van der Waals surface area contributed by atoms with Crippen LogP contribution >= 0.6 is 11.3 Å². The van der Waals surface area contributed by atoms with Crippen LogP contribution in [0.25, 0.3) is 10.4 Å². The SMILES string of the molecule is CC.CC1CCCN1C=O.Cc1nc(C(=O)NC2CCCC2O)sc1-c1cnc(NCC(F)(F)F)cc1C(F)F. The lowest BCUT2D eigenvalue weighted by Gasteiger charge is -2.15. The fourth-order valence-electron chi connectivity index (χ4n) is 4.32. The number of pyridine rings is 1. The summed E-state index contributed by atoms with van der Waals surface area (Å²) in [5.41, 5.74) is -0.200. The molecule has 3 N–H and O–H groups in total. The fourth-order valence-corrected chi connectivity index (χ4v) is 5.32. The first-order chi connectivity index (χ1) is 18.9. The first kappa shape index (κ1) is 33.3. The van der Waals surface area contributed by atoms with Gasteiger partial charge < -0.3 is 20.6 Å². The predicted octanol–water partition coefficient (Wildman–Crippen LogP) is 5.72. The van der Waals surface area contributed by atoms with E-state index < -0.39 is 36.7 Å². The van der Waals surface area contributed by atoms with E-state index in [0.29, 0.717) is 24.6 Å².